The lowest BCUT2D eigenvalue weighted by Crippen LogP contribution is -2.36. The van der Waals surface area contributed by atoms with E-state index in [0.717, 1.165) is 29.2 Å². The van der Waals surface area contributed by atoms with Gasteiger partial charge in [0.25, 0.3) is 5.91 Å². The minimum atomic E-state index is -0.0684. The van der Waals surface area contributed by atoms with E-state index in [2.05, 4.69) is 20.9 Å². The Balaban J connectivity index is 1.62. The van der Waals surface area contributed by atoms with Crippen molar-refractivity contribution < 1.29 is 14.3 Å². The first-order valence-electron chi connectivity index (χ1n) is 9.47. The van der Waals surface area contributed by atoms with E-state index in [1.54, 1.807) is 6.07 Å². The molecule has 7 heteroatoms. The van der Waals surface area contributed by atoms with Gasteiger partial charge in [0.1, 0.15) is 0 Å². The second kappa shape index (κ2) is 9.64. The van der Waals surface area contributed by atoms with Crippen molar-refractivity contribution in [1.82, 2.24) is 16.0 Å². The van der Waals surface area contributed by atoms with Gasteiger partial charge in [0, 0.05) is 25.2 Å². The maximum absolute atomic E-state index is 12.0. The van der Waals surface area contributed by atoms with Crippen molar-refractivity contribution in [2.24, 2.45) is 4.99 Å². The summed E-state index contributed by atoms with van der Waals surface area (Å²) < 4.78 is 10.8. The molecule has 2 aromatic rings. The lowest BCUT2D eigenvalue weighted by Gasteiger charge is -2.12. The van der Waals surface area contributed by atoms with Gasteiger partial charge in [-0.15, -0.1) is 0 Å². The van der Waals surface area contributed by atoms with Crippen molar-refractivity contribution in [3.05, 3.63) is 59.2 Å². The molecule has 1 aliphatic rings. The Morgan fingerprint density at radius 2 is 1.79 bits per heavy atom. The monoisotopic (exact) mass is 382 g/mol. The third kappa shape index (κ3) is 5.16. The molecule has 0 unspecified atom stereocenters. The van der Waals surface area contributed by atoms with Crippen LogP contribution < -0.4 is 25.4 Å². The minimum Gasteiger partial charge on any atom is -0.454 e. The predicted molar refractivity (Wildman–Crippen MR) is 109 cm³/mol. The number of rotatable bonds is 7. The van der Waals surface area contributed by atoms with Gasteiger partial charge in [-0.2, -0.15) is 0 Å². The van der Waals surface area contributed by atoms with Crippen LogP contribution in [-0.4, -0.2) is 31.7 Å². The number of nitrogens with zero attached hydrogens (tertiary/aromatic N) is 1. The molecule has 0 saturated heterocycles. The van der Waals surface area contributed by atoms with E-state index in [4.69, 9.17) is 9.47 Å². The summed E-state index contributed by atoms with van der Waals surface area (Å²) in [6.07, 6.45) is 0. The molecule has 1 aliphatic heterocycles. The first-order chi connectivity index (χ1) is 13.7. The molecule has 1 amide bonds. The van der Waals surface area contributed by atoms with Crippen LogP contribution in [0.3, 0.4) is 0 Å². The van der Waals surface area contributed by atoms with Crippen LogP contribution in [-0.2, 0) is 13.1 Å². The average molecular weight is 382 g/mol. The quantitative estimate of drug-likeness (QED) is 0.506. The molecule has 0 fully saturated rings. The van der Waals surface area contributed by atoms with Crippen molar-refractivity contribution >= 4 is 11.9 Å². The lowest BCUT2D eigenvalue weighted by atomic mass is 10.1. The summed E-state index contributed by atoms with van der Waals surface area (Å²) in [4.78, 5) is 16.6. The summed E-state index contributed by atoms with van der Waals surface area (Å²) in [6.45, 7) is 6.65. The Hall–Kier alpha value is -3.22. The van der Waals surface area contributed by atoms with E-state index in [-0.39, 0.29) is 12.7 Å². The minimum absolute atomic E-state index is 0.0684. The van der Waals surface area contributed by atoms with Gasteiger partial charge >= 0.3 is 0 Å². The molecule has 0 aromatic heterocycles. The van der Waals surface area contributed by atoms with Crippen LogP contribution in [0.1, 0.15) is 35.3 Å². The highest BCUT2D eigenvalue weighted by Crippen LogP contribution is 2.32. The molecule has 0 saturated carbocycles. The number of hydrogen-bond donors (Lipinski definition) is 3. The number of hydrogen-bond acceptors (Lipinski definition) is 4. The number of ether oxygens (including phenoxy) is 2. The van der Waals surface area contributed by atoms with Gasteiger partial charge in [-0.3, -0.25) is 4.79 Å². The molecule has 148 valence electrons. The Morgan fingerprint density at radius 3 is 2.61 bits per heavy atom. The number of amides is 1. The van der Waals surface area contributed by atoms with E-state index in [1.165, 1.54) is 0 Å². The van der Waals surface area contributed by atoms with Crippen LogP contribution in [0.4, 0.5) is 0 Å². The summed E-state index contributed by atoms with van der Waals surface area (Å²) in [7, 11) is 0. The van der Waals surface area contributed by atoms with Gasteiger partial charge in [0.05, 0.1) is 6.54 Å². The van der Waals surface area contributed by atoms with Crippen LogP contribution in [0.2, 0.25) is 0 Å². The summed E-state index contributed by atoms with van der Waals surface area (Å²) in [5, 5.41) is 9.37. The molecule has 0 spiro atoms. The molecular weight excluding hydrogens is 356 g/mol. The van der Waals surface area contributed by atoms with Crippen molar-refractivity contribution in [3.8, 4) is 11.5 Å². The van der Waals surface area contributed by atoms with Crippen LogP contribution in [0.5, 0.6) is 11.5 Å². The highest BCUT2D eigenvalue weighted by molar-refractivity contribution is 5.94. The number of carbonyl (C=O) groups excluding carboxylic acids is 1. The predicted octanol–water partition coefficient (Wildman–Crippen LogP) is 2.42. The van der Waals surface area contributed by atoms with E-state index in [0.29, 0.717) is 31.2 Å². The number of aliphatic imine (C=N–C) groups is 1. The third-order valence-electron chi connectivity index (χ3n) is 4.19. The Labute approximate surface area is 165 Å². The van der Waals surface area contributed by atoms with Crippen LogP contribution in [0.15, 0.2) is 47.5 Å². The zero-order valence-electron chi connectivity index (χ0n) is 16.2. The molecule has 1 heterocycles. The number of nitrogens with one attached hydrogen (secondary N) is 3. The Morgan fingerprint density at radius 1 is 0.964 bits per heavy atom. The number of guanidine groups is 1. The summed E-state index contributed by atoms with van der Waals surface area (Å²) >= 11 is 0. The molecule has 0 aliphatic carbocycles. The topological polar surface area (TPSA) is 84.0 Å². The largest absolute Gasteiger partial charge is 0.454 e. The van der Waals surface area contributed by atoms with Crippen LogP contribution >= 0.6 is 0 Å². The maximum atomic E-state index is 12.0. The van der Waals surface area contributed by atoms with Gasteiger partial charge in [0.15, 0.2) is 17.5 Å². The second-order valence-corrected chi connectivity index (χ2v) is 6.30. The molecular formula is C21H26N4O3. The van der Waals surface area contributed by atoms with Gasteiger partial charge in [0.2, 0.25) is 6.79 Å². The standard InChI is InChI=1S/C21H26N4O3/c1-3-22-20(26)17-7-5-6-15(10-17)12-24-21(23-4-2)25-13-16-8-9-18-19(11-16)28-14-27-18/h5-11H,3-4,12-14H2,1-2H3,(H,22,26)(H2,23,24,25). The lowest BCUT2D eigenvalue weighted by molar-refractivity contribution is 0.0955. The van der Waals surface area contributed by atoms with Gasteiger partial charge in [-0.1, -0.05) is 18.2 Å². The number of carbonyl (C=O) groups is 1. The van der Waals surface area contributed by atoms with Crippen molar-refractivity contribution in [1.29, 1.82) is 0 Å². The first-order valence-corrected chi connectivity index (χ1v) is 9.47. The molecule has 2 aromatic carbocycles. The van der Waals surface area contributed by atoms with E-state index in [1.807, 2.05) is 50.2 Å². The van der Waals surface area contributed by atoms with Crippen molar-refractivity contribution in [3.63, 3.8) is 0 Å². The fraction of sp³-hybridized carbons (Fsp3) is 0.333. The molecule has 0 bridgehead atoms. The smallest absolute Gasteiger partial charge is 0.251 e. The molecule has 3 rings (SSSR count). The third-order valence-corrected chi connectivity index (χ3v) is 4.19. The zero-order valence-corrected chi connectivity index (χ0v) is 16.2. The fourth-order valence-electron chi connectivity index (χ4n) is 2.82. The molecule has 28 heavy (non-hydrogen) atoms. The zero-order chi connectivity index (χ0) is 19.8. The average Bonchev–Trinajstić information content (AvgIpc) is 3.18. The highest BCUT2D eigenvalue weighted by atomic mass is 16.7. The fourth-order valence-corrected chi connectivity index (χ4v) is 2.82. The number of benzene rings is 2. The molecule has 7 nitrogen and oxygen atoms in total. The van der Waals surface area contributed by atoms with Crippen LogP contribution in [0, 0.1) is 0 Å². The highest BCUT2D eigenvalue weighted by Gasteiger charge is 2.13. The summed E-state index contributed by atoms with van der Waals surface area (Å²) in [6, 6.07) is 13.4. The van der Waals surface area contributed by atoms with E-state index < -0.39 is 0 Å². The number of fused-ring (bicyclic) bond motifs is 1. The first kappa shape index (κ1) is 19.5. The SMILES string of the molecule is CCNC(=O)c1cccc(CN=C(NCC)NCc2ccc3c(c2)OCO3)c1. The van der Waals surface area contributed by atoms with Gasteiger partial charge < -0.3 is 25.4 Å². The van der Waals surface area contributed by atoms with Crippen molar-refractivity contribution in [2.45, 2.75) is 26.9 Å². The van der Waals surface area contributed by atoms with E-state index >= 15 is 0 Å². The second-order valence-electron chi connectivity index (χ2n) is 6.30. The van der Waals surface area contributed by atoms with E-state index in [9.17, 15) is 4.79 Å². The summed E-state index contributed by atoms with van der Waals surface area (Å²) in [5.74, 6) is 2.18. The van der Waals surface area contributed by atoms with Crippen molar-refractivity contribution in [2.75, 3.05) is 19.9 Å². The molecule has 0 radical (unpaired) electrons. The molecule has 0 atom stereocenters. The summed E-state index contributed by atoms with van der Waals surface area (Å²) in [5.41, 5.74) is 2.70. The normalized spacial score (nSPS) is 12.6. The van der Waals surface area contributed by atoms with Gasteiger partial charge in [-0.25, -0.2) is 4.99 Å². The molecule has 3 N–H and O–H groups in total. The van der Waals surface area contributed by atoms with Crippen LogP contribution in [0.25, 0.3) is 0 Å². The van der Waals surface area contributed by atoms with Gasteiger partial charge in [-0.05, 0) is 49.2 Å². The Kier molecular flexibility index (Phi) is 6.73. The maximum Gasteiger partial charge on any atom is 0.251 e. The Bertz CT molecular complexity index is 851.